The van der Waals surface area contributed by atoms with E-state index >= 15 is 0 Å². The Bertz CT molecular complexity index is 403. The molecule has 0 fully saturated rings. The van der Waals surface area contributed by atoms with Crippen LogP contribution in [0.2, 0.25) is 0 Å². The highest BCUT2D eigenvalue weighted by atomic mass is 127. The first-order valence-corrected chi connectivity index (χ1v) is 7.32. The molecule has 0 spiro atoms. The molecule has 0 aromatic heterocycles. The van der Waals surface area contributed by atoms with Gasteiger partial charge in [-0.05, 0) is 75.9 Å². The van der Waals surface area contributed by atoms with Gasteiger partial charge < -0.3 is 15.4 Å². The Labute approximate surface area is 129 Å². The number of hydrogen-bond donors (Lipinski definition) is 2. The molecule has 3 nitrogen and oxygen atoms in total. The lowest BCUT2D eigenvalue weighted by Gasteiger charge is -2.16. The summed E-state index contributed by atoms with van der Waals surface area (Å²) in [5.74, 6) is 0. The van der Waals surface area contributed by atoms with E-state index in [9.17, 15) is 0 Å². The molecule has 17 heavy (non-hydrogen) atoms. The van der Waals surface area contributed by atoms with Crippen molar-refractivity contribution in [2.24, 2.45) is 0 Å². The number of methoxy groups -OCH3 is 1. The topological polar surface area (TPSA) is 33.3 Å². The summed E-state index contributed by atoms with van der Waals surface area (Å²) < 4.78 is 7.18. The molecule has 1 aromatic rings. The molecule has 0 saturated carbocycles. The summed E-state index contributed by atoms with van der Waals surface area (Å²) in [5.41, 5.74) is 0.957. The summed E-state index contributed by atoms with van der Waals surface area (Å²) in [4.78, 5) is 0. The first-order chi connectivity index (χ1) is 8.02. The number of hydrogen-bond acceptors (Lipinski definition) is 2. The van der Waals surface area contributed by atoms with Crippen molar-refractivity contribution in [3.8, 4) is 0 Å². The van der Waals surface area contributed by atoms with Gasteiger partial charge in [0, 0.05) is 21.2 Å². The molecule has 0 aliphatic heterocycles. The Hall–Kier alpha value is 0.0800. The summed E-state index contributed by atoms with van der Waals surface area (Å²) >= 11 is 11.0. The van der Waals surface area contributed by atoms with Crippen LogP contribution < -0.4 is 10.6 Å². The predicted molar refractivity (Wildman–Crippen MR) is 87.6 cm³/mol. The molecule has 1 aromatic carbocycles. The smallest absolute Gasteiger partial charge is 0.171 e. The van der Waals surface area contributed by atoms with Crippen LogP contribution in [0.15, 0.2) is 22.7 Å². The maximum absolute atomic E-state index is 5.23. The van der Waals surface area contributed by atoms with Gasteiger partial charge in [-0.2, -0.15) is 0 Å². The second-order valence-corrected chi connectivity index (χ2v) is 6.09. The van der Waals surface area contributed by atoms with Crippen molar-refractivity contribution in [2.45, 2.75) is 13.0 Å². The second-order valence-electron chi connectivity index (χ2n) is 3.58. The molecule has 0 radical (unpaired) electrons. The van der Waals surface area contributed by atoms with Crippen molar-refractivity contribution in [1.29, 1.82) is 0 Å². The lowest BCUT2D eigenvalue weighted by Crippen LogP contribution is -2.38. The number of nitrogens with one attached hydrogen (secondary N) is 2. The van der Waals surface area contributed by atoms with Crippen LogP contribution in [0.25, 0.3) is 0 Å². The molecule has 0 amide bonds. The highest BCUT2D eigenvalue weighted by molar-refractivity contribution is 14.1. The Morgan fingerprint density at radius 3 is 2.94 bits per heavy atom. The van der Waals surface area contributed by atoms with E-state index in [0.29, 0.717) is 11.7 Å². The van der Waals surface area contributed by atoms with Gasteiger partial charge in [0.05, 0.1) is 12.3 Å². The lowest BCUT2D eigenvalue weighted by atomic mass is 10.3. The van der Waals surface area contributed by atoms with Gasteiger partial charge >= 0.3 is 0 Å². The minimum atomic E-state index is 0.182. The van der Waals surface area contributed by atoms with E-state index in [1.54, 1.807) is 7.11 Å². The third-order valence-electron chi connectivity index (χ3n) is 1.97. The fourth-order valence-electron chi connectivity index (χ4n) is 1.27. The maximum Gasteiger partial charge on any atom is 0.171 e. The van der Waals surface area contributed by atoms with Crippen molar-refractivity contribution in [3.63, 3.8) is 0 Å². The van der Waals surface area contributed by atoms with E-state index in [1.165, 1.54) is 0 Å². The van der Waals surface area contributed by atoms with Gasteiger partial charge in [0.15, 0.2) is 5.11 Å². The second kappa shape index (κ2) is 7.50. The van der Waals surface area contributed by atoms with Crippen molar-refractivity contribution >= 4 is 61.5 Å². The first-order valence-electron chi connectivity index (χ1n) is 5.04. The predicted octanol–water partition coefficient (Wildman–Crippen LogP) is 3.38. The largest absolute Gasteiger partial charge is 0.383 e. The average molecular weight is 429 g/mol. The SMILES string of the molecule is COCC(C)NC(=S)Nc1cc(I)ccc1Br. The minimum absolute atomic E-state index is 0.182. The van der Waals surface area contributed by atoms with Crippen LogP contribution in [0.3, 0.4) is 0 Å². The standard InChI is InChI=1S/C11H14BrIN2OS/c1-7(6-16-2)14-11(17)15-10-5-8(13)3-4-9(10)12/h3-5,7H,6H2,1-2H3,(H2,14,15,17). The van der Waals surface area contributed by atoms with Gasteiger partial charge in [0.25, 0.3) is 0 Å². The van der Waals surface area contributed by atoms with Crippen LogP contribution in [0, 0.1) is 3.57 Å². The molecule has 0 saturated heterocycles. The van der Waals surface area contributed by atoms with Crippen LogP contribution in [0.1, 0.15) is 6.92 Å². The summed E-state index contributed by atoms with van der Waals surface area (Å²) in [5, 5.41) is 6.90. The first kappa shape index (κ1) is 15.1. The van der Waals surface area contributed by atoms with E-state index in [0.717, 1.165) is 13.7 Å². The molecule has 0 aliphatic carbocycles. The van der Waals surface area contributed by atoms with E-state index in [4.69, 9.17) is 17.0 Å². The number of thiocarbonyl (C=S) groups is 1. The normalized spacial score (nSPS) is 12.0. The molecular weight excluding hydrogens is 415 g/mol. The summed E-state index contributed by atoms with van der Waals surface area (Å²) in [6.07, 6.45) is 0. The van der Waals surface area contributed by atoms with Gasteiger partial charge in [-0.15, -0.1) is 0 Å². The fraction of sp³-hybridized carbons (Fsp3) is 0.364. The zero-order valence-electron chi connectivity index (χ0n) is 9.59. The zero-order valence-corrected chi connectivity index (χ0v) is 14.1. The van der Waals surface area contributed by atoms with Crippen LogP contribution >= 0.6 is 50.7 Å². The van der Waals surface area contributed by atoms with Crippen LogP contribution in [0.4, 0.5) is 5.69 Å². The molecule has 0 bridgehead atoms. The Balaban J connectivity index is 2.58. The van der Waals surface area contributed by atoms with Gasteiger partial charge in [-0.3, -0.25) is 0 Å². The number of anilines is 1. The van der Waals surface area contributed by atoms with Gasteiger partial charge in [0.1, 0.15) is 0 Å². The van der Waals surface area contributed by atoms with Crippen LogP contribution in [-0.2, 0) is 4.74 Å². The van der Waals surface area contributed by atoms with E-state index in [1.807, 2.05) is 25.1 Å². The van der Waals surface area contributed by atoms with Crippen molar-refractivity contribution in [3.05, 3.63) is 26.2 Å². The Morgan fingerprint density at radius 2 is 2.29 bits per heavy atom. The summed E-state index contributed by atoms with van der Waals surface area (Å²) in [6.45, 7) is 2.64. The van der Waals surface area contributed by atoms with Crippen LogP contribution in [-0.4, -0.2) is 24.9 Å². The molecular formula is C11H14BrIN2OS. The Morgan fingerprint density at radius 1 is 1.59 bits per heavy atom. The highest BCUT2D eigenvalue weighted by Gasteiger charge is 2.06. The molecule has 1 unspecified atom stereocenters. The minimum Gasteiger partial charge on any atom is -0.383 e. The van der Waals surface area contributed by atoms with Crippen molar-refractivity contribution < 1.29 is 4.74 Å². The summed E-state index contributed by atoms with van der Waals surface area (Å²) in [6, 6.07) is 6.23. The maximum atomic E-state index is 5.23. The van der Waals surface area contributed by atoms with Gasteiger partial charge in [0.2, 0.25) is 0 Å². The molecule has 0 aliphatic rings. The fourth-order valence-corrected chi connectivity index (χ4v) is 2.42. The molecule has 1 rings (SSSR count). The zero-order chi connectivity index (χ0) is 12.8. The third kappa shape index (κ3) is 5.50. The van der Waals surface area contributed by atoms with E-state index < -0.39 is 0 Å². The average Bonchev–Trinajstić information content (AvgIpc) is 2.23. The van der Waals surface area contributed by atoms with Crippen molar-refractivity contribution in [1.82, 2.24) is 5.32 Å². The summed E-state index contributed by atoms with van der Waals surface area (Å²) in [7, 11) is 1.67. The van der Waals surface area contributed by atoms with Gasteiger partial charge in [-0.25, -0.2) is 0 Å². The highest BCUT2D eigenvalue weighted by Crippen LogP contribution is 2.24. The third-order valence-corrected chi connectivity index (χ3v) is 3.55. The van der Waals surface area contributed by atoms with Gasteiger partial charge in [-0.1, -0.05) is 0 Å². The quantitative estimate of drug-likeness (QED) is 0.569. The number of halogens is 2. The molecule has 6 heteroatoms. The lowest BCUT2D eigenvalue weighted by molar-refractivity contribution is 0.179. The molecule has 1 atom stereocenters. The number of benzene rings is 1. The van der Waals surface area contributed by atoms with E-state index in [2.05, 4.69) is 49.2 Å². The Kier molecular flexibility index (Phi) is 6.68. The monoisotopic (exact) mass is 428 g/mol. The molecule has 94 valence electrons. The molecule has 2 N–H and O–H groups in total. The van der Waals surface area contributed by atoms with E-state index in [-0.39, 0.29) is 6.04 Å². The molecule has 0 heterocycles. The number of ether oxygens (including phenoxy) is 1. The van der Waals surface area contributed by atoms with Crippen molar-refractivity contribution in [2.75, 3.05) is 19.0 Å². The number of rotatable bonds is 4. The van der Waals surface area contributed by atoms with Crippen LogP contribution in [0.5, 0.6) is 0 Å².